The van der Waals surface area contributed by atoms with E-state index in [1.807, 2.05) is 18.2 Å². The number of hydrogen-bond acceptors (Lipinski definition) is 5. The summed E-state index contributed by atoms with van der Waals surface area (Å²) < 4.78 is 43.1. The molecule has 4 heterocycles. The molecule has 0 unspecified atom stereocenters. The first-order valence-corrected chi connectivity index (χ1v) is 9.07. The van der Waals surface area contributed by atoms with Crippen LogP contribution in [0.5, 0.6) is 5.75 Å². The summed E-state index contributed by atoms with van der Waals surface area (Å²) in [6.45, 7) is 2.17. The van der Waals surface area contributed by atoms with Gasteiger partial charge in [0.15, 0.2) is 0 Å². The van der Waals surface area contributed by atoms with Gasteiger partial charge in [-0.1, -0.05) is 6.07 Å². The third-order valence-electron chi connectivity index (χ3n) is 5.43. The molecule has 1 saturated heterocycles. The van der Waals surface area contributed by atoms with Gasteiger partial charge in [0.2, 0.25) is 0 Å². The minimum atomic E-state index is -4.74. The normalized spacial score (nSPS) is 18.7. The van der Waals surface area contributed by atoms with Gasteiger partial charge in [-0.05, 0) is 42.5 Å². The summed E-state index contributed by atoms with van der Waals surface area (Å²) in [5.74, 6) is 0.449. The van der Waals surface area contributed by atoms with E-state index in [9.17, 15) is 13.2 Å². The van der Waals surface area contributed by atoms with Gasteiger partial charge in [-0.25, -0.2) is 9.97 Å². The van der Waals surface area contributed by atoms with Crippen molar-refractivity contribution in [1.29, 1.82) is 0 Å². The van der Waals surface area contributed by atoms with E-state index in [1.165, 1.54) is 18.3 Å². The zero-order chi connectivity index (χ0) is 19.4. The third-order valence-corrected chi connectivity index (χ3v) is 5.43. The summed E-state index contributed by atoms with van der Waals surface area (Å²) in [7, 11) is 0. The number of rotatable bonds is 4. The van der Waals surface area contributed by atoms with Crippen molar-refractivity contribution in [2.45, 2.75) is 25.2 Å². The number of anilines is 1. The standard InChI is InChI=1S/C19H18F3N5O/c20-19(21,22)28-13-4-5-17-24-8-15(27(17)9-13)14-2-1-3-16(26-14)25-12-6-18(7-12)10-23-11-18/h1-5,8-9,12,23H,6-7,10-11H2,(H,25,26). The quantitative estimate of drug-likeness (QED) is 0.716. The van der Waals surface area contributed by atoms with Crippen molar-refractivity contribution < 1.29 is 17.9 Å². The van der Waals surface area contributed by atoms with Crippen LogP contribution in [0, 0.1) is 5.41 Å². The average Bonchev–Trinajstić information content (AvgIpc) is 2.98. The van der Waals surface area contributed by atoms with Crippen molar-refractivity contribution in [2.75, 3.05) is 18.4 Å². The molecule has 2 aliphatic rings. The molecule has 0 aromatic carbocycles. The molecule has 0 radical (unpaired) electrons. The molecule has 3 aromatic rings. The van der Waals surface area contributed by atoms with Gasteiger partial charge in [0, 0.05) is 19.1 Å². The average molecular weight is 389 g/mol. The second-order valence-electron chi connectivity index (χ2n) is 7.55. The molecule has 2 fully saturated rings. The van der Waals surface area contributed by atoms with Crippen LogP contribution in [-0.2, 0) is 0 Å². The molecule has 1 spiro atoms. The molecule has 146 valence electrons. The van der Waals surface area contributed by atoms with Crippen LogP contribution in [0.3, 0.4) is 0 Å². The number of hydrogen-bond donors (Lipinski definition) is 2. The number of ether oxygens (including phenoxy) is 1. The Labute approximate surface area is 158 Å². The lowest BCUT2D eigenvalue weighted by Gasteiger charge is -2.54. The summed E-state index contributed by atoms with van der Waals surface area (Å²) in [5, 5.41) is 6.77. The van der Waals surface area contributed by atoms with Crippen molar-refractivity contribution in [2.24, 2.45) is 5.41 Å². The maximum atomic E-state index is 12.5. The van der Waals surface area contributed by atoms with E-state index in [0.29, 0.717) is 28.5 Å². The summed E-state index contributed by atoms with van der Waals surface area (Å²) in [5.41, 5.74) is 2.20. The number of nitrogens with zero attached hydrogens (tertiary/aromatic N) is 3. The number of imidazole rings is 1. The molecule has 5 rings (SSSR count). The Kier molecular flexibility index (Phi) is 3.77. The first-order valence-electron chi connectivity index (χ1n) is 9.07. The van der Waals surface area contributed by atoms with E-state index in [4.69, 9.17) is 0 Å². The van der Waals surface area contributed by atoms with Crippen molar-refractivity contribution >= 4 is 11.5 Å². The Hall–Kier alpha value is -2.81. The van der Waals surface area contributed by atoms with E-state index in [1.54, 1.807) is 10.6 Å². The monoisotopic (exact) mass is 389 g/mol. The Morgan fingerprint density at radius 2 is 2.00 bits per heavy atom. The maximum absolute atomic E-state index is 12.5. The first-order chi connectivity index (χ1) is 13.4. The first kappa shape index (κ1) is 17.3. The van der Waals surface area contributed by atoms with E-state index in [-0.39, 0.29) is 5.75 Å². The molecule has 28 heavy (non-hydrogen) atoms. The Morgan fingerprint density at radius 3 is 2.71 bits per heavy atom. The molecule has 1 aliphatic carbocycles. The Morgan fingerprint density at radius 1 is 1.18 bits per heavy atom. The third kappa shape index (κ3) is 3.15. The molecule has 3 aromatic heterocycles. The van der Waals surface area contributed by atoms with Crippen LogP contribution in [0.25, 0.3) is 17.0 Å². The van der Waals surface area contributed by atoms with Crippen LogP contribution in [0.2, 0.25) is 0 Å². The predicted octanol–water partition coefficient (Wildman–Crippen LogP) is 3.46. The van der Waals surface area contributed by atoms with Crippen LogP contribution in [0.4, 0.5) is 19.0 Å². The van der Waals surface area contributed by atoms with Crippen molar-refractivity contribution in [1.82, 2.24) is 19.7 Å². The zero-order valence-electron chi connectivity index (χ0n) is 14.8. The highest BCUT2D eigenvalue weighted by molar-refractivity contribution is 5.62. The van der Waals surface area contributed by atoms with Gasteiger partial charge in [-0.15, -0.1) is 13.2 Å². The lowest BCUT2D eigenvalue weighted by Crippen LogP contribution is -2.63. The molecule has 1 aliphatic heterocycles. The van der Waals surface area contributed by atoms with Gasteiger partial charge in [-0.3, -0.25) is 4.40 Å². The largest absolute Gasteiger partial charge is 0.573 e. The molecule has 0 bridgehead atoms. The van der Waals surface area contributed by atoms with Crippen LogP contribution in [0.1, 0.15) is 12.8 Å². The SMILES string of the molecule is FC(F)(F)Oc1ccc2ncc(-c3cccc(NC4CC5(CNC5)C4)n3)n2c1. The fourth-order valence-electron chi connectivity index (χ4n) is 4.07. The molecule has 1 saturated carbocycles. The number of fused-ring (bicyclic) bond motifs is 1. The van der Waals surface area contributed by atoms with Crippen molar-refractivity contribution in [3.63, 3.8) is 0 Å². The van der Waals surface area contributed by atoms with Gasteiger partial charge in [-0.2, -0.15) is 0 Å². The smallest absolute Gasteiger partial charge is 0.404 e. The molecule has 9 heteroatoms. The van der Waals surface area contributed by atoms with E-state index < -0.39 is 6.36 Å². The van der Waals surface area contributed by atoms with E-state index >= 15 is 0 Å². The Balaban J connectivity index is 1.39. The minimum absolute atomic E-state index is 0.303. The van der Waals surface area contributed by atoms with Crippen LogP contribution in [-0.4, -0.2) is 39.9 Å². The van der Waals surface area contributed by atoms with Gasteiger partial charge < -0.3 is 15.4 Å². The predicted molar refractivity (Wildman–Crippen MR) is 97.1 cm³/mol. The van der Waals surface area contributed by atoms with Crippen molar-refractivity contribution in [3.8, 4) is 17.1 Å². The minimum Gasteiger partial charge on any atom is -0.404 e. The highest BCUT2D eigenvalue weighted by atomic mass is 19.4. The van der Waals surface area contributed by atoms with Crippen LogP contribution in [0.15, 0.2) is 42.7 Å². The summed E-state index contributed by atoms with van der Waals surface area (Å²) in [4.78, 5) is 8.88. The number of pyridine rings is 2. The summed E-state index contributed by atoms with van der Waals surface area (Å²) >= 11 is 0. The number of nitrogens with one attached hydrogen (secondary N) is 2. The zero-order valence-corrected chi connectivity index (χ0v) is 14.8. The molecule has 0 atom stereocenters. The van der Waals surface area contributed by atoms with Gasteiger partial charge in [0.05, 0.1) is 23.8 Å². The fourth-order valence-corrected chi connectivity index (χ4v) is 4.07. The van der Waals surface area contributed by atoms with Gasteiger partial charge in [0.25, 0.3) is 0 Å². The Bertz CT molecular complexity index is 1020. The highest BCUT2D eigenvalue weighted by Gasteiger charge is 2.48. The van der Waals surface area contributed by atoms with Gasteiger partial charge >= 0.3 is 6.36 Å². The fraction of sp³-hybridized carbons (Fsp3) is 0.368. The van der Waals surface area contributed by atoms with Gasteiger partial charge in [0.1, 0.15) is 17.2 Å². The molecular weight excluding hydrogens is 371 g/mol. The lowest BCUT2D eigenvalue weighted by atomic mass is 9.62. The number of halogens is 3. The second-order valence-corrected chi connectivity index (χ2v) is 7.55. The number of alkyl halides is 3. The second kappa shape index (κ2) is 6.10. The van der Waals surface area contributed by atoms with Crippen molar-refractivity contribution in [3.05, 3.63) is 42.7 Å². The van der Waals surface area contributed by atoms with Crippen LogP contribution >= 0.6 is 0 Å². The van der Waals surface area contributed by atoms with E-state index in [0.717, 1.165) is 31.7 Å². The number of aromatic nitrogens is 3. The lowest BCUT2D eigenvalue weighted by molar-refractivity contribution is -0.274. The summed E-state index contributed by atoms with van der Waals surface area (Å²) in [6, 6.07) is 8.71. The molecular formula is C19H18F3N5O. The van der Waals surface area contributed by atoms with Crippen LogP contribution < -0.4 is 15.4 Å². The highest BCUT2D eigenvalue weighted by Crippen LogP contribution is 2.45. The molecule has 0 amide bonds. The maximum Gasteiger partial charge on any atom is 0.573 e. The topological polar surface area (TPSA) is 63.5 Å². The molecule has 2 N–H and O–H groups in total. The van der Waals surface area contributed by atoms with E-state index in [2.05, 4.69) is 25.3 Å². The summed E-state index contributed by atoms with van der Waals surface area (Å²) in [6.07, 6.45) is 0.370. The molecule has 6 nitrogen and oxygen atoms in total.